The van der Waals surface area contributed by atoms with E-state index in [1.165, 1.54) is 11.3 Å². The highest BCUT2D eigenvalue weighted by atomic mass is 32.1. The van der Waals surface area contributed by atoms with E-state index in [9.17, 15) is 9.59 Å². The molecule has 0 bridgehead atoms. The van der Waals surface area contributed by atoms with Gasteiger partial charge in [0.25, 0.3) is 5.91 Å². The topological polar surface area (TPSA) is 92.4 Å². The van der Waals surface area contributed by atoms with E-state index in [4.69, 9.17) is 4.74 Å². The monoisotopic (exact) mass is 402 g/mol. The van der Waals surface area contributed by atoms with Crippen LogP contribution in [0.3, 0.4) is 0 Å². The first-order valence-electron chi connectivity index (χ1n) is 8.06. The largest absolute Gasteiger partial charge is 0.497 e. The Bertz CT molecular complexity index is 892. The fourth-order valence-electron chi connectivity index (χ4n) is 2.19. The summed E-state index contributed by atoms with van der Waals surface area (Å²) in [6.45, 7) is 0.0333. The highest BCUT2D eigenvalue weighted by Crippen LogP contribution is 2.25. The first kappa shape index (κ1) is 18.9. The van der Waals surface area contributed by atoms with Crippen LogP contribution in [0.1, 0.15) is 5.69 Å². The number of nitrogens with one attached hydrogen (secondary N) is 3. The molecule has 0 spiro atoms. The molecular weight excluding hydrogens is 384 g/mol. The highest BCUT2D eigenvalue weighted by molar-refractivity contribution is 7.14. The van der Waals surface area contributed by atoms with Gasteiger partial charge in [-0.25, -0.2) is 4.98 Å². The number of hydrazine groups is 1. The number of hydrogen-bond donors (Lipinski definition) is 3. The number of methoxy groups -OCH3 is 1. The van der Waals surface area contributed by atoms with Gasteiger partial charge in [-0.2, -0.15) is 11.3 Å². The van der Waals surface area contributed by atoms with Crippen LogP contribution in [0, 0.1) is 0 Å². The third-order valence-electron chi connectivity index (χ3n) is 3.55. The summed E-state index contributed by atoms with van der Waals surface area (Å²) in [7, 11) is 1.59. The summed E-state index contributed by atoms with van der Waals surface area (Å²) in [5.74, 6) is 0.0628. The molecule has 0 saturated heterocycles. The number of ether oxygens (including phenoxy) is 1. The van der Waals surface area contributed by atoms with Crippen molar-refractivity contribution in [3.63, 3.8) is 0 Å². The zero-order valence-electron chi connectivity index (χ0n) is 14.5. The van der Waals surface area contributed by atoms with Crippen LogP contribution in [-0.4, -0.2) is 30.5 Å². The minimum absolute atomic E-state index is 0.0333. The van der Waals surface area contributed by atoms with Crippen LogP contribution < -0.4 is 20.9 Å². The average molecular weight is 403 g/mol. The molecule has 0 unspecified atom stereocenters. The number of amides is 2. The fourth-order valence-corrected chi connectivity index (χ4v) is 3.72. The second-order valence-electron chi connectivity index (χ2n) is 5.51. The second kappa shape index (κ2) is 9.15. The Balaban J connectivity index is 1.40. The van der Waals surface area contributed by atoms with Crippen molar-refractivity contribution in [3.8, 4) is 16.3 Å². The fraction of sp³-hybridized carbons (Fsp3) is 0.167. The van der Waals surface area contributed by atoms with E-state index in [1.807, 2.05) is 22.2 Å². The average Bonchev–Trinajstić information content (AvgIpc) is 3.37. The van der Waals surface area contributed by atoms with Gasteiger partial charge in [0.15, 0.2) is 0 Å². The number of carbonyl (C=O) groups is 2. The van der Waals surface area contributed by atoms with Crippen LogP contribution in [0.4, 0.5) is 5.69 Å². The molecule has 0 fully saturated rings. The third kappa shape index (κ3) is 5.53. The number of aromatic nitrogens is 1. The van der Waals surface area contributed by atoms with Gasteiger partial charge in [0.2, 0.25) is 5.91 Å². The molecule has 1 aromatic carbocycles. The van der Waals surface area contributed by atoms with Crippen LogP contribution in [0.2, 0.25) is 0 Å². The van der Waals surface area contributed by atoms with E-state index >= 15 is 0 Å². The zero-order chi connectivity index (χ0) is 19.1. The van der Waals surface area contributed by atoms with Gasteiger partial charge in [0.05, 0.1) is 25.8 Å². The van der Waals surface area contributed by atoms with Crippen molar-refractivity contribution >= 4 is 40.2 Å². The normalized spacial score (nSPS) is 10.3. The lowest BCUT2D eigenvalue weighted by atomic mass is 10.3. The first-order valence-corrected chi connectivity index (χ1v) is 9.89. The minimum Gasteiger partial charge on any atom is -0.497 e. The predicted octanol–water partition coefficient (Wildman–Crippen LogP) is 2.68. The molecule has 7 nitrogen and oxygen atoms in total. The summed E-state index contributed by atoms with van der Waals surface area (Å²) in [6, 6.07) is 9.18. The maximum absolute atomic E-state index is 12.0. The van der Waals surface area contributed by atoms with Gasteiger partial charge >= 0.3 is 0 Å². The number of carbonyl (C=O) groups excluding carboxylic acids is 2. The van der Waals surface area contributed by atoms with Crippen LogP contribution in [-0.2, 0) is 16.0 Å². The molecule has 0 atom stereocenters. The van der Waals surface area contributed by atoms with E-state index in [0.717, 1.165) is 22.0 Å². The Labute approximate surface area is 164 Å². The summed E-state index contributed by atoms with van der Waals surface area (Å²) in [5.41, 5.74) is 7.28. The molecule has 2 heterocycles. The lowest BCUT2D eigenvalue weighted by molar-refractivity contribution is -0.127. The molecule has 3 aromatic rings. The molecule has 0 aliphatic heterocycles. The van der Waals surface area contributed by atoms with Gasteiger partial charge in [-0.1, -0.05) is 0 Å². The molecule has 0 aliphatic rings. The van der Waals surface area contributed by atoms with Crippen molar-refractivity contribution in [1.29, 1.82) is 0 Å². The summed E-state index contributed by atoms with van der Waals surface area (Å²) in [4.78, 5) is 28.2. The Hall–Kier alpha value is -2.91. The van der Waals surface area contributed by atoms with Gasteiger partial charge in [-0.05, 0) is 35.7 Å². The molecule has 2 aromatic heterocycles. The van der Waals surface area contributed by atoms with E-state index in [1.54, 1.807) is 42.7 Å². The van der Waals surface area contributed by atoms with Gasteiger partial charge in [0, 0.05) is 22.0 Å². The van der Waals surface area contributed by atoms with Crippen molar-refractivity contribution < 1.29 is 14.3 Å². The van der Waals surface area contributed by atoms with Gasteiger partial charge < -0.3 is 10.1 Å². The van der Waals surface area contributed by atoms with Crippen LogP contribution in [0.5, 0.6) is 5.75 Å². The number of thiazole rings is 1. The van der Waals surface area contributed by atoms with E-state index < -0.39 is 0 Å². The number of thiophene rings is 1. The van der Waals surface area contributed by atoms with Crippen LogP contribution in [0.25, 0.3) is 10.6 Å². The minimum atomic E-state index is -0.351. The summed E-state index contributed by atoms with van der Waals surface area (Å²) < 4.78 is 5.07. The van der Waals surface area contributed by atoms with Crippen molar-refractivity contribution in [2.45, 2.75) is 6.42 Å². The number of anilines is 1. The van der Waals surface area contributed by atoms with E-state index in [-0.39, 0.29) is 24.8 Å². The predicted molar refractivity (Wildman–Crippen MR) is 107 cm³/mol. The van der Waals surface area contributed by atoms with Gasteiger partial charge in [-0.3, -0.25) is 20.4 Å². The highest BCUT2D eigenvalue weighted by Gasteiger charge is 2.10. The maximum Gasteiger partial charge on any atom is 0.257 e. The van der Waals surface area contributed by atoms with Gasteiger partial charge in [0.1, 0.15) is 10.8 Å². The molecule has 3 rings (SSSR count). The lowest BCUT2D eigenvalue weighted by Crippen LogP contribution is -2.44. The zero-order valence-corrected chi connectivity index (χ0v) is 16.2. The molecule has 9 heteroatoms. The number of nitrogens with zero attached hydrogens (tertiary/aromatic N) is 1. The Morgan fingerprint density at radius 3 is 2.56 bits per heavy atom. The quantitative estimate of drug-likeness (QED) is 0.529. The second-order valence-corrected chi connectivity index (χ2v) is 7.15. The van der Waals surface area contributed by atoms with Gasteiger partial charge in [-0.15, -0.1) is 11.3 Å². The van der Waals surface area contributed by atoms with Crippen LogP contribution >= 0.6 is 22.7 Å². The molecule has 2 amide bonds. The summed E-state index contributed by atoms with van der Waals surface area (Å²) in [6.07, 6.45) is 0.104. The van der Waals surface area contributed by atoms with E-state index in [0.29, 0.717) is 5.69 Å². The first-order chi connectivity index (χ1) is 13.1. The maximum atomic E-state index is 12.0. The SMILES string of the molecule is COc1ccc(NCC(=O)NNC(=O)Cc2csc(-c3ccsc3)n2)cc1. The number of hydrogen-bond acceptors (Lipinski definition) is 7. The van der Waals surface area contributed by atoms with Crippen molar-refractivity contribution in [2.24, 2.45) is 0 Å². The number of benzene rings is 1. The summed E-state index contributed by atoms with van der Waals surface area (Å²) in [5, 5.41) is 9.69. The van der Waals surface area contributed by atoms with Crippen LogP contribution in [0.15, 0.2) is 46.5 Å². The molecule has 0 saturated carbocycles. The smallest absolute Gasteiger partial charge is 0.257 e. The molecular formula is C18H18N4O3S2. The molecule has 0 aliphatic carbocycles. The third-order valence-corrected chi connectivity index (χ3v) is 5.17. The van der Waals surface area contributed by atoms with Crippen molar-refractivity contribution in [1.82, 2.24) is 15.8 Å². The molecule has 0 radical (unpaired) electrons. The Morgan fingerprint density at radius 2 is 1.85 bits per heavy atom. The number of rotatable bonds is 7. The molecule has 27 heavy (non-hydrogen) atoms. The van der Waals surface area contributed by atoms with Crippen molar-refractivity contribution in [2.75, 3.05) is 19.0 Å². The summed E-state index contributed by atoms with van der Waals surface area (Å²) >= 11 is 3.09. The molecule has 3 N–H and O–H groups in total. The van der Waals surface area contributed by atoms with Crippen molar-refractivity contribution in [3.05, 3.63) is 52.2 Å². The lowest BCUT2D eigenvalue weighted by Gasteiger charge is -2.09. The Kier molecular flexibility index (Phi) is 6.39. The molecule has 140 valence electrons. The standard InChI is InChI=1S/C18H18N4O3S2/c1-25-15-4-2-13(3-5-15)19-9-17(24)22-21-16(23)8-14-11-27-18(20-14)12-6-7-26-10-12/h2-7,10-11,19H,8-9H2,1H3,(H,21,23)(H,22,24). The Morgan fingerprint density at radius 1 is 1.07 bits per heavy atom. The van der Waals surface area contributed by atoms with E-state index in [2.05, 4.69) is 21.2 Å².